The van der Waals surface area contributed by atoms with Gasteiger partial charge in [-0.25, -0.2) is 8.42 Å². The quantitative estimate of drug-likeness (QED) is 0.667. The van der Waals surface area contributed by atoms with Crippen molar-refractivity contribution in [2.24, 2.45) is 0 Å². The number of alkyl halides is 1. The molecule has 0 aliphatic carbocycles. The molecule has 16 heavy (non-hydrogen) atoms. The zero-order valence-electron chi connectivity index (χ0n) is 9.22. The van der Waals surface area contributed by atoms with Crippen molar-refractivity contribution in [3.05, 3.63) is 35.4 Å². The van der Waals surface area contributed by atoms with Gasteiger partial charge in [0.05, 0.1) is 0 Å². The minimum atomic E-state index is -3.22. The van der Waals surface area contributed by atoms with Crippen molar-refractivity contribution in [3.63, 3.8) is 0 Å². The number of aliphatic hydroxyl groups excluding tert-OH is 1. The van der Waals surface area contributed by atoms with Gasteiger partial charge in [0.2, 0.25) is 0 Å². The minimum absolute atomic E-state index is 0.0451. The molecule has 90 valence electrons. The fraction of sp³-hybridized carbons (Fsp3) is 0.455. The molecule has 0 heterocycles. The summed E-state index contributed by atoms with van der Waals surface area (Å²) in [6, 6.07) is 7.28. The molecule has 1 aromatic carbocycles. The molecular formula is C11H15IO3S. The van der Waals surface area contributed by atoms with Gasteiger partial charge in [-0.15, -0.1) is 0 Å². The van der Waals surface area contributed by atoms with E-state index in [9.17, 15) is 13.5 Å². The van der Waals surface area contributed by atoms with Crippen LogP contribution in [-0.2, 0) is 9.84 Å². The van der Waals surface area contributed by atoms with Gasteiger partial charge < -0.3 is 5.11 Å². The predicted molar refractivity (Wildman–Crippen MR) is 73.4 cm³/mol. The Kier molecular flexibility index (Phi) is 4.75. The van der Waals surface area contributed by atoms with E-state index in [-0.39, 0.29) is 5.75 Å². The Morgan fingerprint density at radius 3 is 2.56 bits per heavy atom. The fourth-order valence-electron chi connectivity index (χ4n) is 1.36. The molecule has 0 spiro atoms. The van der Waals surface area contributed by atoms with Crippen molar-refractivity contribution in [3.8, 4) is 0 Å². The van der Waals surface area contributed by atoms with Crippen LogP contribution in [0.2, 0.25) is 0 Å². The first-order valence-corrected chi connectivity index (χ1v) is 7.95. The summed E-state index contributed by atoms with van der Waals surface area (Å²) in [7, 11) is -3.22. The zero-order valence-corrected chi connectivity index (χ0v) is 12.2. The highest BCUT2D eigenvalue weighted by Crippen LogP contribution is 2.28. The first-order valence-electron chi connectivity index (χ1n) is 4.98. The molecule has 0 saturated carbocycles. The molecule has 0 saturated heterocycles. The van der Waals surface area contributed by atoms with Crippen molar-refractivity contribution in [2.45, 2.75) is 23.2 Å². The largest absolute Gasteiger partial charge is 0.386 e. The van der Waals surface area contributed by atoms with E-state index >= 15 is 0 Å². The van der Waals surface area contributed by atoms with Crippen LogP contribution in [0.3, 0.4) is 0 Å². The molecule has 0 unspecified atom stereocenters. The van der Waals surface area contributed by atoms with Gasteiger partial charge in [-0.2, -0.15) is 0 Å². The second-order valence-corrected chi connectivity index (χ2v) is 8.26. The maximum atomic E-state index is 11.6. The van der Waals surface area contributed by atoms with Gasteiger partial charge in [0.25, 0.3) is 0 Å². The van der Waals surface area contributed by atoms with E-state index in [0.717, 1.165) is 5.56 Å². The van der Waals surface area contributed by atoms with E-state index in [1.165, 1.54) is 0 Å². The van der Waals surface area contributed by atoms with Crippen molar-refractivity contribution in [1.29, 1.82) is 0 Å². The molecule has 1 N–H and O–H groups in total. The standard InChI is InChI=1S/C11H15IO3S/c1-3-16(14,15)11(12)10(13)9-6-4-5-8(2)7-9/h4-7,10-11,13H,3H2,1-2H3/t10-,11-/m1/s1. The first kappa shape index (κ1) is 13.9. The summed E-state index contributed by atoms with van der Waals surface area (Å²) in [6.07, 6.45) is -0.967. The van der Waals surface area contributed by atoms with E-state index < -0.39 is 19.2 Å². The molecule has 5 heteroatoms. The molecule has 3 nitrogen and oxygen atoms in total. The summed E-state index contributed by atoms with van der Waals surface area (Å²) in [6.45, 7) is 3.50. The van der Waals surface area contributed by atoms with E-state index in [4.69, 9.17) is 0 Å². The van der Waals surface area contributed by atoms with Gasteiger partial charge in [-0.1, -0.05) is 59.3 Å². The summed E-state index contributed by atoms with van der Waals surface area (Å²) in [4.78, 5) is 0. The lowest BCUT2D eigenvalue weighted by Gasteiger charge is -2.17. The Labute approximate surface area is 110 Å². The van der Waals surface area contributed by atoms with Crippen LogP contribution in [-0.4, -0.2) is 22.5 Å². The monoisotopic (exact) mass is 354 g/mol. The van der Waals surface area contributed by atoms with Gasteiger partial charge >= 0.3 is 0 Å². The number of sulfone groups is 1. The van der Waals surface area contributed by atoms with Crippen molar-refractivity contribution >= 4 is 32.4 Å². The number of halogens is 1. The number of aryl methyl sites for hydroxylation is 1. The molecule has 1 rings (SSSR count). The lowest BCUT2D eigenvalue weighted by atomic mass is 10.1. The van der Waals surface area contributed by atoms with Gasteiger partial charge in [-0.05, 0) is 12.5 Å². The fourth-order valence-corrected chi connectivity index (χ4v) is 3.72. The highest BCUT2D eigenvalue weighted by Gasteiger charge is 2.29. The lowest BCUT2D eigenvalue weighted by molar-refractivity contribution is 0.197. The lowest BCUT2D eigenvalue weighted by Crippen LogP contribution is -2.24. The highest BCUT2D eigenvalue weighted by molar-refractivity contribution is 14.1. The van der Waals surface area contributed by atoms with Crippen LogP contribution in [0.25, 0.3) is 0 Å². The van der Waals surface area contributed by atoms with Crippen molar-refractivity contribution in [1.82, 2.24) is 0 Å². The van der Waals surface area contributed by atoms with Crippen LogP contribution < -0.4 is 0 Å². The molecule has 2 atom stereocenters. The average Bonchev–Trinajstić information content (AvgIpc) is 2.27. The van der Waals surface area contributed by atoms with E-state index in [1.807, 2.05) is 25.1 Å². The topological polar surface area (TPSA) is 54.4 Å². The molecule has 0 fully saturated rings. The van der Waals surface area contributed by atoms with E-state index in [0.29, 0.717) is 5.56 Å². The third-order valence-electron chi connectivity index (χ3n) is 2.38. The number of aliphatic hydroxyl groups is 1. The van der Waals surface area contributed by atoms with Gasteiger partial charge in [0.15, 0.2) is 9.84 Å². The van der Waals surface area contributed by atoms with Crippen LogP contribution >= 0.6 is 22.6 Å². The van der Waals surface area contributed by atoms with Crippen LogP contribution in [0.15, 0.2) is 24.3 Å². The van der Waals surface area contributed by atoms with Gasteiger partial charge in [0.1, 0.15) is 9.36 Å². The van der Waals surface area contributed by atoms with Crippen LogP contribution in [0, 0.1) is 6.92 Å². The molecule has 0 bridgehead atoms. The minimum Gasteiger partial charge on any atom is -0.386 e. The summed E-state index contributed by atoms with van der Waals surface area (Å²) in [5.74, 6) is 0.0451. The maximum absolute atomic E-state index is 11.6. The average molecular weight is 354 g/mol. The third-order valence-corrected chi connectivity index (χ3v) is 7.13. The van der Waals surface area contributed by atoms with E-state index in [1.54, 1.807) is 35.6 Å². The van der Waals surface area contributed by atoms with Crippen LogP contribution in [0.5, 0.6) is 0 Å². The number of benzene rings is 1. The Balaban J connectivity index is 2.99. The smallest absolute Gasteiger partial charge is 0.164 e. The molecule has 0 aliphatic rings. The van der Waals surface area contributed by atoms with E-state index in [2.05, 4.69) is 0 Å². The summed E-state index contributed by atoms with van der Waals surface area (Å²) >= 11 is 1.79. The number of hydrogen-bond donors (Lipinski definition) is 1. The summed E-state index contributed by atoms with van der Waals surface area (Å²) in [5, 5.41) is 9.99. The Morgan fingerprint density at radius 2 is 2.06 bits per heavy atom. The molecule has 0 aliphatic heterocycles. The highest BCUT2D eigenvalue weighted by atomic mass is 127. The molecule has 0 radical (unpaired) electrons. The Morgan fingerprint density at radius 1 is 1.44 bits per heavy atom. The second kappa shape index (κ2) is 5.46. The Bertz CT molecular complexity index is 456. The Hall–Kier alpha value is -0.140. The first-order chi connectivity index (χ1) is 7.38. The number of rotatable bonds is 4. The number of hydrogen-bond acceptors (Lipinski definition) is 3. The molecule has 0 aromatic heterocycles. The SMILES string of the molecule is CCS(=O)(=O)[C@@H](I)[C@H](O)c1cccc(C)c1. The predicted octanol–water partition coefficient (Wildman–Crippen LogP) is 2.22. The molecule has 1 aromatic rings. The second-order valence-electron chi connectivity index (χ2n) is 3.66. The summed E-state index contributed by atoms with van der Waals surface area (Å²) in [5.41, 5.74) is 1.66. The van der Waals surface area contributed by atoms with Gasteiger partial charge in [0, 0.05) is 5.75 Å². The normalized spacial score (nSPS) is 15.8. The van der Waals surface area contributed by atoms with Gasteiger partial charge in [-0.3, -0.25) is 0 Å². The van der Waals surface area contributed by atoms with Crippen LogP contribution in [0.4, 0.5) is 0 Å². The van der Waals surface area contributed by atoms with Crippen molar-refractivity contribution < 1.29 is 13.5 Å². The van der Waals surface area contributed by atoms with Crippen LogP contribution in [0.1, 0.15) is 24.2 Å². The van der Waals surface area contributed by atoms with Crippen molar-refractivity contribution in [2.75, 3.05) is 5.75 Å². The third kappa shape index (κ3) is 3.18. The zero-order chi connectivity index (χ0) is 12.3. The summed E-state index contributed by atoms with van der Waals surface area (Å²) < 4.78 is 22.5. The molecule has 0 amide bonds. The molecular weight excluding hydrogens is 339 g/mol. The maximum Gasteiger partial charge on any atom is 0.164 e.